The van der Waals surface area contributed by atoms with Crippen molar-refractivity contribution in [1.29, 1.82) is 0 Å². The minimum atomic E-state index is -0.997. The van der Waals surface area contributed by atoms with Crippen LogP contribution in [0.5, 0.6) is 0 Å². The van der Waals surface area contributed by atoms with Gasteiger partial charge in [-0.1, -0.05) is 42.7 Å². The molecule has 1 atom stereocenters. The van der Waals surface area contributed by atoms with Gasteiger partial charge in [-0.3, -0.25) is 9.89 Å². The van der Waals surface area contributed by atoms with Crippen LogP contribution < -0.4 is 5.32 Å². The largest absolute Gasteiger partial charge is 0.480 e. The van der Waals surface area contributed by atoms with Crippen molar-refractivity contribution in [2.45, 2.75) is 32.2 Å². The summed E-state index contributed by atoms with van der Waals surface area (Å²) in [6.07, 6.45) is 2.57. The maximum atomic E-state index is 12.2. The lowest BCUT2D eigenvalue weighted by molar-refractivity contribution is -0.139. The van der Waals surface area contributed by atoms with E-state index >= 15 is 0 Å². The molecule has 23 heavy (non-hydrogen) atoms. The molecule has 1 heterocycles. The van der Waals surface area contributed by atoms with Crippen molar-refractivity contribution in [3.8, 4) is 11.3 Å². The Labute approximate surface area is 133 Å². The molecule has 2 aromatic rings. The van der Waals surface area contributed by atoms with E-state index in [1.807, 2.05) is 31.2 Å². The Morgan fingerprint density at radius 1 is 1.35 bits per heavy atom. The van der Waals surface area contributed by atoms with Gasteiger partial charge in [0.15, 0.2) is 0 Å². The predicted octanol–water partition coefficient (Wildman–Crippen LogP) is 2.37. The second kappa shape index (κ2) is 6.24. The topological polar surface area (TPSA) is 95.1 Å². The van der Waals surface area contributed by atoms with Gasteiger partial charge in [0, 0.05) is 5.56 Å². The van der Waals surface area contributed by atoms with Crippen LogP contribution in [0.2, 0.25) is 0 Å². The van der Waals surface area contributed by atoms with E-state index in [1.54, 1.807) is 6.07 Å². The van der Waals surface area contributed by atoms with E-state index in [2.05, 4.69) is 15.5 Å². The molecule has 1 amide bonds. The number of hydrogen-bond acceptors (Lipinski definition) is 3. The average Bonchev–Trinajstić information content (AvgIpc) is 3.20. The van der Waals surface area contributed by atoms with Crippen LogP contribution in [-0.4, -0.2) is 33.2 Å². The zero-order chi connectivity index (χ0) is 16.4. The van der Waals surface area contributed by atoms with Gasteiger partial charge in [0.1, 0.15) is 11.7 Å². The van der Waals surface area contributed by atoms with E-state index < -0.39 is 17.9 Å². The van der Waals surface area contributed by atoms with Crippen molar-refractivity contribution < 1.29 is 14.7 Å². The van der Waals surface area contributed by atoms with Gasteiger partial charge in [0.25, 0.3) is 5.91 Å². The zero-order valence-electron chi connectivity index (χ0n) is 12.9. The second-order valence-corrected chi connectivity index (χ2v) is 6.08. The highest BCUT2D eigenvalue weighted by Gasteiger charge is 2.30. The number of nitrogens with one attached hydrogen (secondary N) is 2. The fourth-order valence-electron chi connectivity index (χ4n) is 2.45. The third-order valence-corrected chi connectivity index (χ3v) is 4.04. The third kappa shape index (κ3) is 3.77. The Hall–Kier alpha value is -2.63. The van der Waals surface area contributed by atoms with Gasteiger partial charge in [0.05, 0.1) is 5.69 Å². The molecule has 6 nitrogen and oxygen atoms in total. The van der Waals surface area contributed by atoms with E-state index in [0.717, 1.165) is 24.0 Å². The first kappa shape index (κ1) is 15.3. The number of aliphatic carboxylic acids is 1. The number of nitrogens with zero attached hydrogens (tertiary/aromatic N) is 1. The Morgan fingerprint density at radius 2 is 2.04 bits per heavy atom. The molecule has 0 aliphatic heterocycles. The number of aromatic amines is 1. The molecule has 0 spiro atoms. The van der Waals surface area contributed by atoms with Gasteiger partial charge >= 0.3 is 5.97 Å². The number of rotatable bonds is 6. The predicted molar refractivity (Wildman–Crippen MR) is 85.0 cm³/mol. The van der Waals surface area contributed by atoms with Gasteiger partial charge in [-0.05, 0) is 25.3 Å². The van der Waals surface area contributed by atoms with Gasteiger partial charge in [-0.2, -0.15) is 5.10 Å². The SMILES string of the molecule is Cc1ccc(-c2cc(C(=O)NC(CC3CC3)C(=O)O)[nH]n2)cc1. The van der Waals surface area contributed by atoms with Crippen molar-refractivity contribution in [2.75, 3.05) is 0 Å². The number of carboxylic acids is 1. The summed E-state index contributed by atoms with van der Waals surface area (Å²) in [5.41, 5.74) is 2.97. The molecule has 1 unspecified atom stereocenters. The number of aromatic nitrogens is 2. The van der Waals surface area contributed by atoms with Crippen LogP contribution >= 0.6 is 0 Å². The molecule has 1 aromatic carbocycles. The standard InChI is InChI=1S/C17H19N3O3/c1-10-2-6-12(7-3-10)13-9-14(20-19-13)16(21)18-15(17(22)23)8-11-4-5-11/h2-3,6-7,9,11,15H,4-5,8H2,1H3,(H,18,21)(H,19,20)(H,22,23). The van der Waals surface area contributed by atoms with Gasteiger partial charge in [-0.25, -0.2) is 4.79 Å². The van der Waals surface area contributed by atoms with Gasteiger partial charge < -0.3 is 10.4 Å². The molecule has 1 aliphatic rings. The summed E-state index contributed by atoms with van der Waals surface area (Å²) in [6.45, 7) is 2.00. The van der Waals surface area contributed by atoms with Crippen molar-refractivity contribution in [2.24, 2.45) is 5.92 Å². The molecule has 6 heteroatoms. The third-order valence-electron chi connectivity index (χ3n) is 4.04. The summed E-state index contributed by atoms with van der Waals surface area (Å²) in [6, 6.07) is 8.59. The van der Waals surface area contributed by atoms with E-state index in [4.69, 9.17) is 0 Å². The number of H-pyrrole nitrogens is 1. The first-order valence-electron chi connectivity index (χ1n) is 7.69. The van der Waals surface area contributed by atoms with Crippen LogP contribution in [0.1, 0.15) is 35.3 Å². The second-order valence-electron chi connectivity index (χ2n) is 6.08. The normalized spacial score (nSPS) is 15.2. The highest BCUT2D eigenvalue weighted by Crippen LogP contribution is 2.33. The number of amides is 1. The first-order chi connectivity index (χ1) is 11.0. The Morgan fingerprint density at radius 3 is 2.65 bits per heavy atom. The molecular formula is C17H19N3O3. The van der Waals surface area contributed by atoms with Crippen molar-refractivity contribution >= 4 is 11.9 Å². The van der Waals surface area contributed by atoms with Crippen LogP contribution in [0.25, 0.3) is 11.3 Å². The van der Waals surface area contributed by atoms with E-state index in [1.165, 1.54) is 0 Å². The maximum Gasteiger partial charge on any atom is 0.326 e. The lowest BCUT2D eigenvalue weighted by atomic mass is 10.1. The van der Waals surface area contributed by atoms with Crippen LogP contribution in [0.3, 0.4) is 0 Å². The van der Waals surface area contributed by atoms with Gasteiger partial charge in [0.2, 0.25) is 0 Å². The summed E-state index contributed by atoms with van der Waals surface area (Å²) in [5, 5.41) is 18.6. The Kier molecular flexibility index (Phi) is 4.14. The number of aryl methyl sites for hydroxylation is 1. The van der Waals surface area contributed by atoms with E-state index in [9.17, 15) is 14.7 Å². The minimum absolute atomic E-state index is 0.266. The molecule has 0 radical (unpaired) electrons. The first-order valence-corrected chi connectivity index (χ1v) is 7.69. The molecular weight excluding hydrogens is 294 g/mol. The lowest BCUT2D eigenvalue weighted by Crippen LogP contribution is -2.41. The van der Waals surface area contributed by atoms with E-state index in [0.29, 0.717) is 18.0 Å². The molecule has 1 aromatic heterocycles. The lowest BCUT2D eigenvalue weighted by Gasteiger charge is -2.13. The number of hydrogen-bond donors (Lipinski definition) is 3. The van der Waals surface area contributed by atoms with Crippen molar-refractivity contribution in [1.82, 2.24) is 15.5 Å². The Balaban J connectivity index is 1.69. The number of carboxylic acid groups (broad SMARTS) is 1. The molecule has 0 saturated heterocycles. The van der Waals surface area contributed by atoms with E-state index in [-0.39, 0.29) is 5.69 Å². The quantitative estimate of drug-likeness (QED) is 0.763. The van der Waals surface area contributed by atoms with Crippen LogP contribution in [0.4, 0.5) is 0 Å². The summed E-state index contributed by atoms with van der Waals surface area (Å²) in [7, 11) is 0. The zero-order valence-corrected chi connectivity index (χ0v) is 12.9. The van der Waals surface area contributed by atoms with Gasteiger partial charge in [-0.15, -0.1) is 0 Å². The average molecular weight is 313 g/mol. The highest BCUT2D eigenvalue weighted by atomic mass is 16.4. The molecule has 3 N–H and O–H groups in total. The Bertz CT molecular complexity index is 717. The molecule has 1 saturated carbocycles. The minimum Gasteiger partial charge on any atom is -0.480 e. The fraction of sp³-hybridized carbons (Fsp3) is 0.353. The molecule has 3 rings (SSSR count). The highest BCUT2D eigenvalue weighted by molar-refractivity contribution is 5.95. The molecule has 0 bridgehead atoms. The summed E-state index contributed by atoms with van der Waals surface area (Å²) in [5.74, 6) is -1.02. The molecule has 1 aliphatic carbocycles. The van der Waals surface area contributed by atoms with Crippen molar-refractivity contribution in [3.63, 3.8) is 0 Å². The maximum absolute atomic E-state index is 12.2. The summed E-state index contributed by atoms with van der Waals surface area (Å²) >= 11 is 0. The van der Waals surface area contributed by atoms with Crippen LogP contribution in [-0.2, 0) is 4.79 Å². The van der Waals surface area contributed by atoms with Crippen LogP contribution in [0.15, 0.2) is 30.3 Å². The number of carbonyl (C=O) groups excluding carboxylic acids is 1. The number of carbonyl (C=O) groups is 2. The fourth-order valence-corrected chi connectivity index (χ4v) is 2.45. The molecule has 120 valence electrons. The number of benzene rings is 1. The van der Waals surface area contributed by atoms with Crippen molar-refractivity contribution in [3.05, 3.63) is 41.6 Å². The van der Waals surface area contributed by atoms with Crippen LogP contribution in [0, 0.1) is 12.8 Å². The smallest absolute Gasteiger partial charge is 0.326 e. The molecule has 1 fully saturated rings. The monoisotopic (exact) mass is 313 g/mol. The summed E-state index contributed by atoms with van der Waals surface area (Å²) < 4.78 is 0. The summed E-state index contributed by atoms with van der Waals surface area (Å²) in [4.78, 5) is 23.5.